The minimum absolute atomic E-state index is 0. The topological polar surface area (TPSA) is 31.5 Å². The van der Waals surface area contributed by atoms with Crippen molar-refractivity contribution >= 4 is 169 Å². The zero-order valence-corrected chi connectivity index (χ0v) is 41.8. The molecular formula is C37H28BrLiOS10Se3. The van der Waals surface area contributed by atoms with Gasteiger partial charge in [-0.3, -0.25) is 0 Å². The Bertz CT molecular complexity index is 2340. The van der Waals surface area contributed by atoms with E-state index in [4.69, 9.17) is 12.6 Å². The predicted octanol–water partition coefficient (Wildman–Crippen LogP) is 5.38. The van der Waals surface area contributed by atoms with E-state index in [0.29, 0.717) is 43.5 Å². The van der Waals surface area contributed by atoms with Crippen LogP contribution in [0.25, 0.3) is 20.5 Å². The molecule has 1 nitrogen and oxygen atoms in total. The van der Waals surface area contributed by atoms with Crippen molar-refractivity contribution in [1.29, 1.82) is 0 Å². The summed E-state index contributed by atoms with van der Waals surface area (Å²) in [5.74, 6) is 12.5. The summed E-state index contributed by atoms with van der Waals surface area (Å²) in [6.45, 7) is 0. The number of hydrogen-bond acceptors (Lipinski definition) is 4. The van der Waals surface area contributed by atoms with E-state index in [0.717, 1.165) is 31.6 Å². The summed E-state index contributed by atoms with van der Waals surface area (Å²) in [4.78, 5) is 15.6. The van der Waals surface area contributed by atoms with Gasteiger partial charge in [-0.1, -0.05) is 7.43 Å². The van der Waals surface area contributed by atoms with Gasteiger partial charge in [-0.25, -0.2) is 0 Å². The van der Waals surface area contributed by atoms with E-state index in [1.807, 2.05) is 72.0 Å². The summed E-state index contributed by atoms with van der Waals surface area (Å²) in [7, 11) is 9.12. The normalized spacial score (nSPS) is 8.70. The molecule has 0 spiro atoms. The Hall–Kier alpha value is -0.244. The third-order valence-electron chi connectivity index (χ3n) is 5.83. The van der Waals surface area contributed by atoms with Crippen LogP contribution in [0.15, 0.2) is 136 Å². The van der Waals surface area contributed by atoms with E-state index in [-0.39, 0.29) is 31.8 Å². The molecule has 268 valence electrons. The van der Waals surface area contributed by atoms with Crippen LogP contribution in [0, 0.1) is 23.7 Å². The Kier molecular flexibility index (Phi) is 29.5. The molecular weight excluding hydrogens is 1100 g/mol. The van der Waals surface area contributed by atoms with Crippen LogP contribution in [0.2, 0.25) is 0 Å². The fraction of sp³-hybridized carbons (Fsp3) is 0.0270. The van der Waals surface area contributed by atoms with E-state index in [9.17, 15) is 0 Å². The van der Waals surface area contributed by atoms with E-state index in [2.05, 4.69) is 128 Å². The first-order valence-corrected chi connectivity index (χ1v) is 31.2. The van der Waals surface area contributed by atoms with Gasteiger partial charge in [0.25, 0.3) is 0 Å². The number of fused-ring (bicyclic) bond motifs is 1. The molecule has 0 unspecified atom stereocenters. The van der Waals surface area contributed by atoms with Crippen LogP contribution < -0.4 is 18.9 Å². The molecule has 0 saturated heterocycles. The molecule has 0 aliphatic heterocycles. The van der Waals surface area contributed by atoms with Crippen LogP contribution in [0.4, 0.5) is 0 Å². The molecule has 53 heavy (non-hydrogen) atoms. The number of benzene rings is 3. The standard InChI is InChI=1S/C12H7BrSe.2C12H8SSe.CH4.Li.H2O.S8/c13-12-9-14-8-11(12)7-6-10-4-2-1-3-5-10;1-2-4-9(5-3-1)11-6-10-7-14-8-12(10)13-11;13-12-9-14-8-11(12)7-6-10-4-2-1-3-5-10;;;;1-3-5-7-8-6-4-2/h1-5,8-9H;1-8H;1-5,8-9,13H;1H4;;1H2;/q;;;;+1;;/p-1. The Labute approximate surface area is 387 Å². The summed E-state index contributed by atoms with van der Waals surface area (Å²) in [6.07, 6.45) is 0. The molecule has 3 aromatic carbocycles. The van der Waals surface area contributed by atoms with Crippen molar-refractivity contribution in [2.75, 3.05) is 0 Å². The zero-order chi connectivity index (χ0) is 35.2. The Morgan fingerprint density at radius 3 is 1.57 bits per heavy atom. The molecule has 16 heteroatoms. The first kappa shape index (κ1) is 50.8. The van der Waals surface area contributed by atoms with E-state index >= 15 is 0 Å². The van der Waals surface area contributed by atoms with Crippen LogP contribution >= 0.6 is 27.3 Å². The van der Waals surface area contributed by atoms with E-state index in [1.54, 1.807) is 35.5 Å². The van der Waals surface area contributed by atoms with Gasteiger partial charge in [-0.15, -0.1) is 0 Å². The van der Waals surface area contributed by atoms with E-state index in [1.165, 1.54) is 38.3 Å². The molecule has 0 atom stereocenters. The van der Waals surface area contributed by atoms with Gasteiger partial charge in [-0.05, 0) is 0 Å². The third kappa shape index (κ3) is 19.6. The van der Waals surface area contributed by atoms with Crippen molar-refractivity contribution in [1.82, 2.24) is 0 Å². The first-order valence-electron chi connectivity index (χ1n) is 13.9. The summed E-state index contributed by atoms with van der Waals surface area (Å²) >= 11 is 21.3. The molecule has 0 radical (unpaired) electrons. The second-order valence-electron chi connectivity index (χ2n) is 9.09. The second kappa shape index (κ2) is 30.8. The van der Waals surface area contributed by atoms with Crippen molar-refractivity contribution in [2.24, 2.45) is 0 Å². The Morgan fingerprint density at radius 2 is 1.09 bits per heavy atom. The molecule has 2 N–H and O–H groups in total. The fourth-order valence-corrected chi connectivity index (χ4v) is 22.1. The summed E-state index contributed by atoms with van der Waals surface area (Å²) in [5.41, 5.74) is 5.57. The van der Waals surface area contributed by atoms with Gasteiger partial charge in [-0.2, -0.15) is 0 Å². The molecule has 0 aliphatic rings. The zero-order valence-electron chi connectivity index (χ0n) is 26.9. The Balaban J connectivity index is 0.000000354. The van der Waals surface area contributed by atoms with Gasteiger partial charge in [0.1, 0.15) is 0 Å². The molecule has 0 aliphatic carbocycles. The van der Waals surface area contributed by atoms with Gasteiger partial charge in [0.2, 0.25) is 0 Å². The van der Waals surface area contributed by atoms with Crippen molar-refractivity contribution < 1.29 is 24.3 Å². The second-order valence-corrected chi connectivity index (χ2v) is 26.8. The monoisotopic (exact) mass is 1130 g/mol. The molecule has 0 bridgehead atoms. The van der Waals surface area contributed by atoms with Crippen molar-refractivity contribution in [3.63, 3.8) is 0 Å². The molecule has 4 heterocycles. The minimum atomic E-state index is 0. The molecule has 4 aromatic heterocycles. The fourth-order valence-electron chi connectivity index (χ4n) is 3.63. The van der Waals surface area contributed by atoms with Gasteiger partial charge in [0, 0.05) is 75.7 Å². The van der Waals surface area contributed by atoms with Crippen LogP contribution in [0.3, 0.4) is 0 Å². The van der Waals surface area contributed by atoms with Crippen molar-refractivity contribution in [2.45, 2.75) is 12.3 Å². The maximum absolute atomic E-state index is 5.15. The summed E-state index contributed by atoms with van der Waals surface area (Å²) < 4.78 is 2.60. The first-order chi connectivity index (χ1) is 24.6. The van der Waals surface area contributed by atoms with Crippen molar-refractivity contribution in [3.05, 3.63) is 153 Å². The molecule has 0 amide bonds. The number of hydrogen-bond donors (Lipinski definition) is 0. The van der Waals surface area contributed by atoms with Crippen LogP contribution in [-0.4, -0.2) is 49.0 Å². The molecule has 0 fully saturated rings. The summed E-state index contributed by atoms with van der Waals surface area (Å²) in [6, 6.07) is 32.9. The average molecular weight is 1130 g/mol. The van der Waals surface area contributed by atoms with Gasteiger partial charge >= 0.3 is 305 Å². The SMILES string of the molecule is Brc1c[se]cc1C#Cc1ccccc1.C.O.S=S=S=S=S=S=S=S.[Li+].[S-]c1c[se]cc1C#Cc1ccccc1.c1ccc(-c2cc3c[se]cc3s2)cc1. The summed E-state index contributed by atoms with van der Waals surface area (Å²) in [5, 5.41) is 1.44. The predicted molar refractivity (Wildman–Crippen MR) is 258 cm³/mol. The third-order valence-corrected chi connectivity index (χ3v) is 25.2. The maximum atomic E-state index is 5.15. The Morgan fingerprint density at radius 1 is 0.604 bits per heavy atom. The number of thiophene rings is 1. The number of halogens is 1. The van der Waals surface area contributed by atoms with Gasteiger partial charge in [0.15, 0.2) is 0 Å². The van der Waals surface area contributed by atoms with Crippen LogP contribution in [-0.2, 0) is 88.3 Å². The van der Waals surface area contributed by atoms with E-state index < -0.39 is 0 Å². The van der Waals surface area contributed by atoms with Gasteiger partial charge < -0.3 is 5.48 Å². The molecule has 7 aromatic rings. The van der Waals surface area contributed by atoms with Crippen LogP contribution in [0.1, 0.15) is 29.7 Å². The molecule has 0 saturated carbocycles. The quantitative estimate of drug-likeness (QED) is 0.126. The van der Waals surface area contributed by atoms with Crippen LogP contribution in [0.5, 0.6) is 0 Å². The average Bonchev–Trinajstić information content (AvgIpc) is 3.97. The van der Waals surface area contributed by atoms with Gasteiger partial charge in [0.05, 0.1) is 0 Å². The number of rotatable bonds is 1. The van der Waals surface area contributed by atoms with Crippen molar-refractivity contribution in [3.8, 4) is 34.1 Å². The molecule has 7 rings (SSSR count).